The van der Waals surface area contributed by atoms with Gasteiger partial charge >= 0.3 is 12.2 Å². The maximum absolute atomic E-state index is 12.8. The van der Waals surface area contributed by atoms with Crippen LogP contribution in [0.15, 0.2) is 109 Å². The molecule has 2 aliphatic heterocycles. The van der Waals surface area contributed by atoms with Gasteiger partial charge < -0.3 is 58.0 Å². The molecule has 8 rings (SSSR count). The molecular weight excluding hydrogens is 845 g/mol. The minimum Gasteiger partial charge on any atom is -0.490 e. The molecule has 4 atom stereocenters. The van der Waals surface area contributed by atoms with Crippen LogP contribution in [0.3, 0.4) is 0 Å². The lowest BCUT2D eigenvalue weighted by Gasteiger charge is -2.20. The van der Waals surface area contributed by atoms with E-state index in [0.717, 1.165) is 82.7 Å². The lowest BCUT2D eigenvalue weighted by Crippen LogP contribution is -2.36. The fourth-order valence-corrected chi connectivity index (χ4v) is 7.08. The second kappa shape index (κ2) is 23.0. The molecule has 2 aliphatic rings. The Labute approximate surface area is 384 Å². The van der Waals surface area contributed by atoms with Gasteiger partial charge in [-0.2, -0.15) is 0 Å². The van der Waals surface area contributed by atoms with Gasteiger partial charge in [-0.3, -0.25) is 0 Å². The van der Waals surface area contributed by atoms with Crippen molar-refractivity contribution in [3.63, 3.8) is 0 Å². The summed E-state index contributed by atoms with van der Waals surface area (Å²) in [5.74, 6) is 3.94. The number of carbonyl (C=O) groups excluding carboxylic acids is 2. The number of alkyl carbamates (subject to hydrolysis) is 2. The maximum Gasteiger partial charge on any atom is 0.407 e. The Morgan fingerprint density at radius 3 is 1.30 bits per heavy atom. The van der Waals surface area contributed by atoms with Crippen molar-refractivity contribution in [2.45, 2.75) is 63.9 Å². The van der Waals surface area contributed by atoms with Gasteiger partial charge in [0.1, 0.15) is 86.3 Å². The second-order valence-corrected chi connectivity index (χ2v) is 16.3. The maximum atomic E-state index is 12.8. The quantitative estimate of drug-likeness (QED) is 0.0393. The minimum absolute atomic E-state index is 0.0407. The number of unbranched alkanes of at least 4 members (excludes halogenated alkanes) is 2. The van der Waals surface area contributed by atoms with Gasteiger partial charge in [0.25, 0.3) is 0 Å². The van der Waals surface area contributed by atoms with Gasteiger partial charge in [0, 0.05) is 23.9 Å². The Hall–Kier alpha value is -6.64. The number of fused-ring (bicyclic) bond motifs is 3. The summed E-state index contributed by atoms with van der Waals surface area (Å²) in [6, 6.07) is 34.7. The van der Waals surface area contributed by atoms with Crippen LogP contribution in [0.5, 0.6) is 34.5 Å². The smallest absolute Gasteiger partial charge is 0.407 e. The summed E-state index contributed by atoms with van der Waals surface area (Å²) < 4.78 is 59.0. The Morgan fingerprint density at radius 1 is 0.515 bits per heavy atom. The number of nitrogens with one attached hydrogen (secondary N) is 2. The number of hydrogen-bond acceptors (Lipinski definition) is 12. The molecule has 14 nitrogen and oxygen atoms in total. The van der Waals surface area contributed by atoms with Crippen LogP contribution >= 0.6 is 0 Å². The van der Waals surface area contributed by atoms with E-state index in [2.05, 4.69) is 24.5 Å². The normalized spacial score (nSPS) is 15.9. The molecule has 0 aliphatic carbocycles. The zero-order valence-corrected chi connectivity index (χ0v) is 37.5. The van der Waals surface area contributed by atoms with E-state index in [1.165, 1.54) is 0 Å². The van der Waals surface area contributed by atoms with Crippen molar-refractivity contribution < 1.29 is 57.0 Å². The van der Waals surface area contributed by atoms with Crippen LogP contribution in [0.25, 0.3) is 32.3 Å². The van der Waals surface area contributed by atoms with Crippen molar-refractivity contribution in [3.05, 3.63) is 109 Å². The number of hydrogen-bond donors (Lipinski definition) is 2. The van der Waals surface area contributed by atoms with Crippen molar-refractivity contribution in [2.75, 3.05) is 65.9 Å². The molecule has 2 saturated heterocycles. The van der Waals surface area contributed by atoms with Crippen molar-refractivity contribution in [3.8, 4) is 34.5 Å². The van der Waals surface area contributed by atoms with Crippen molar-refractivity contribution >= 4 is 44.5 Å². The van der Waals surface area contributed by atoms with E-state index < -0.39 is 24.4 Å². The van der Waals surface area contributed by atoms with E-state index in [1.807, 2.05) is 109 Å². The Kier molecular flexibility index (Phi) is 16.0. The number of amides is 2. The predicted octanol–water partition coefficient (Wildman–Crippen LogP) is 9.41. The van der Waals surface area contributed by atoms with Gasteiger partial charge in [-0.05, 0) is 107 Å². The van der Waals surface area contributed by atoms with Crippen LogP contribution in [-0.4, -0.2) is 103 Å². The van der Waals surface area contributed by atoms with Crippen LogP contribution in [0.2, 0.25) is 0 Å². The molecule has 14 heteroatoms. The van der Waals surface area contributed by atoms with Gasteiger partial charge in [0.05, 0.1) is 13.2 Å². The van der Waals surface area contributed by atoms with Crippen molar-refractivity contribution in [2.24, 2.45) is 0 Å². The number of ether oxygens (including phenoxy) is 10. The molecule has 348 valence electrons. The van der Waals surface area contributed by atoms with Gasteiger partial charge in [-0.25, -0.2) is 9.59 Å². The monoisotopic (exact) mass is 902 g/mol. The fourth-order valence-electron chi connectivity index (χ4n) is 7.08. The molecule has 2 fully saturated rings. The lowest BCUT2D eigenvalue weighted by atomic mass is 10.1. The third-order valence-electron chi connectivity index (χ3n) is 11.0. The summed E-state index contributed by atoms with van der Waals surface area (Å²) >= 11 is 0. The van der Waals surface area contributed by atoms with Gasteiger partial charge in [-0.15, -0.1) is 0 Å². The zero-order chi connectivity index (χ0) is 45.5. The Balaban J connectivity index is 0.897. The topological polar surface area (TPSA) is 157 Å². The van der Waals surface area contributed by atoms with Gasteiger partial charge in [-0.1, -0.05) is 63.1 Å². The molecule has 6 aromatic rings. The van der Waals surface area contributed by atoms with E-state index >= 15 is 0 Å². The highest BCUT2D eigenvalue weighted by atomic mass is 16.6. The molecule has 0 saturated carbocycles. The van der Waals surface area contributed by atoms with E-state index in [1.54, 1.807) is 0 Å². The summed E-state index contributed by atoms with van der Waals surface area (Å²) in [6.45, 7) is 7.80. The molecule has 0 aromatic heterocycles. The number of epoxide rings is 2. The first-order chi connectivity index (χ1) is 32.4. The molecule has 0 radical (unpaired) electrons. The third-order valence-corrected chi connectivity index (χ3v) is 11.0. The average Bonchev–Trinajstić information content (AvgIpc) is 4.29. The molecule has 2 N–H and O–H groups in total. The summed E-state index contributed by atoms with van der Waals surface area (Å²) in [6.07, 6.45) is 1.32. The summed E-state index contributed by atoms with van der Waals surface area (Å²) in [4.78, 5) is 25.6. The molecular formula is C52H58N2O12. The average molecular weight is 903 g/mol. The first-order valence-electron chi connectivity index (χ1n) is 22.9. The van der Waals surface area contributed by atoms with Crippen molar-refractivity contribution in [1.29, 1.82) is 0 Å². The summed E-state index contributed by atoms with van der Waals surface area (Å²) in [5.41, 5.74) is 0. The van der Waals surface area contributed by atoms with Crippen LogP contribution in [0.1, 0.15) is 39.5 Å². The van der Waals surface area contributed by atoms with E-state index in [-0.39, 0.29) is 38.6 Å². The third kappa shape index (κ3) is 13.7. The molecule has 66 heavy (non-hydrogen) atoms. The molecule has 2 heterocycles. The predicted molar refractivity (Wildman–Crippen MR) is 251 cm³/mol. The molecule has 2 amide bonds. The second-order valence-electron chi connectivity index (χ2n) is 16.3. The molecule has 0 spiro atoms. The van der Waals surface area contributed by atoms with E-state index in [0.29, 0.717) is 49.3 Å². The largest absolute Gasteiger partial charge is 0.490 e. The zero-order valence-electron chi connectivity index (χ0n) is 37.5. The summed E-state index contributed by atoms with van der Waals surface area (Å²) in [7, 11) is 0. The highest BCUT2D eigenvalue weighted by molar-refractivity contribution is 5.90. The van der Waals surface area contributed by atoms with E-state index in [9.17, 15) is 9.59 Å². The molecule has 6 aromatic carbocycles. The molecule has 4 unspecified atom stereocenters. The Bertz CT molecular complexity index is 2370. The van der Waals surface area contributed by atoms with Crippen LogP contribution in [0, 0.1) is 0 Å². The fraction of sp³-hybridized carbons (Fsp3) is 0.385. The minimum atomic E-state index is -0.729. The standard InChI is InChI=1S/C52H58N2O12/c1-3-5-21-53-51(55)65-45(33-59-41-17-19-47-36(23-41)9-7-11-49(47)63-29-43-27-61-43)31-57-39-15-13-35-14-16-40(26-38(35)25-39)58-32-46(66-52(56)54-22-6-4-2)34-60-42-18-20-48-37(24-42)10-8-12-50(48)64-30-44-28-62-44/h7-20,23-26,43-46H,3-6,21-22,27-34H2,1-2H3,(H,53,55)(H,54,56). The van der Waals surface area contributed by atoms with Gasteiger partial charge in [0.2, 0.25) is 0 Å². The highest BCUT2D eigenvalue weighted by Gasteiger charge is 2.25. The van der Waals surface area contributed by atoms with Gasteiger partial charge in [0.15, 0.2) is 12.2 Å². The summed E-state index contributed by atoms with van der Waals surface area (Å²) in [5, 5.41) is 11.3. The lowest BCUT2D eigenvalue weighted by molar-refractivity contribution is 0.0355. The number of benzene rings is 6. The Morgan fingerprint density at radius 2 is 0.909 bits per heavy atom. The number of rotatable bonds is 26. The number of carbonyl (C=O) groups is 2. The van der Waals surface area contributed by atoms with Crippen molar-refractivity contribution in [1.82, 2.24) is 10.6 Å². The molecule has 0 bridgehead atoms. The van der Waals surface area contributed by atoms with E-state index in [4.69, 9.17) is 47.4 Å². The first-order valence-corrected chi connectivity index (χ1v) is 22.9. The van der Waals surface area contributed by atoms with Crippen LogP contribution in [0.4, 0.5) is 9.59 Å². The first kappa shape index (κ1) is 45.9. The highest BCUT2D eigenvalue weighted by Crippen LogP contribution is 2.32. The van der Waals surface area contributed by atoms with Crippen LogP contribution in [-0.2, 0) is 18.9 Å². The SMILES string of the molecule is CCCCNC(=O)OC(COc1ccc2ccc(OCC(COc3ccc4c(OCC5CO5)cccc4c3)OC(=O)NCCCC)cc2c1)COc1ccc2c(OCC3CO3)cccc2c1. The van der Waals surface area contributed by atoms with Crippen LogP contribution < -0.4 is 39.1 Å².